The summed E-state index contributed by atoms with van der Waals surface area (Å²) in [6.07, 6.45) is 7.59. The molecular weight excluding hydrogens is 142 g/mol. The Bertz CT molecular complexity index is 262. The summed E-state index contributed by atoms with van der Waals surface area (Å²) in [5.41, 5.74) is 1.42. The zero-order valence-electron chi connectivity index (χ0n) is 5.87. The van der Waals surface area contributed by atoms with Gasteiger partial charge in [-0.1, -0.05) is 13.0 Å². The first kappa shape index (κ1) is 6.10. The summed E-state index contributed by atoms with van der Waals surface area (Å²) >= 11 is 1.59. The van der Waals surface area contributed by atoms with E-state index in [2.05, 4.69) is 23.4 Å². The Hall–Kier alpha value is -0.630. The zero-order chi connectivity index (χ0) is 6.97. The third-order valence-corrected chi connectivity index (χ3v) is 2.60. The van der Waals surface area contributed by atoms with Crippen molar-refractivity contribution in [3.8, 4) is 0 Å². The van der Waals surface area contributed by atoms with Crippen LogP contribution in [0.15, 0.2) is 12.3 Å². The van der Waals surface area contributed by atoms with Crippen LogP contribution in [0, 0.1) is 5.92 Å². The summed E-state index contributed by atoms with van der Waals surface area (Å²) < 4.78 is 4.13. The molecule has 1 atom stereocenters. The molecule has 1 aromatic heterocycles. The van der Waals surface area contributed by atoms with Crippen LogP contribution >= 0.6 is 11.5 Å². The minimum Gasteiger partial charge on any atom is -0.200 e. The predicted molar refractivity (Wildman–Crippen MR) is 44.0 cm³/mol. The summed E-state index contributed by atoms with van der Waals surface area (Å²) in [7, 11) is 0. The van der Waals surface area contributed by atoms with Crippen molar-refractivity contribution < 1.29 is 0 Å². The van der Waals surface area contributed by atoms with Gasteiger partial charge < -0.3 is 0 Å². The van der Waals surface area contributed by atoms with Crippen LogP contribution in [0.5, 0.6) is 0 Å². The van der Waals surface area contributed by atoms with E-state index in [1.54, 1.807) is 11.5 Å². The Balaban J connectivity index is 2.43. The van der Waals surface area contributed by atoms with Gasteiger partial charge in [0.05, 0.1) is 4.88 Å². The van der Waals surface area contributed by atoms with Gasteiger partial charge in [-0.25, -0.2) is 4.37 Å². The van der Waals surface area contributed by atoms with Gasteiger partial charge in [0.15, 0.2) is 0 Å². The summed E-state index contributed by atoms with van der Waals surface area (Å²) in [4.78, 5) is 1.35. The Kier molecular flexibility index (Phi) is 1.34. The first-order valence-electron chi connectivity index (χ1n) is 3.48. The van der Waals surface area contributed by atoms with Gasteiger partial charge in [0.25, 0.3) is 0 Å². The summed E-state index contributed by atoms with van der Waals surface area (Å²) in [5.74, 6) is 0.698. The lowest BCUT2D eigenvalue weighted by Crippen LogP contribution is -1.99. The van der Waals surface area contributed by atoms with Crippen molar-refractivity contribution in [1.29, 1.82) is 0 Å². The van der Waals surface area contributed by atoms with E-state index in [1.807, 2.05) is 6.20 Å². The molecule has 1 aromatic rings. The van der Waals surface area contributed by atoms with Crippen molar-refractivity contribution in [2.75, 3.05) is 0 Å². The molecule has 52 valence electrons. The van der Waals surface area contributed by atoms with Crippen LogP contribution in [0.1, 0.15) is 17.4 Å². The number of nitrogens with zero attached hydrogens (tertiary/aromatic N) is 1. The molecule has 0 saturated heterocycles. The predicted octanol–water partition coefficient (Wildman–Crippen LogP) is 2.35. The third-order valence-electron chi connectivity index (χ3n) is 1.79. The highest BCUT2D eigenvalue weighted by Gasteiger charge is 2.10. The van der Waals surface area contributed by atoms with E-state index in [9.17, 15) is 0 Å². The highest BCUT2D eigenvalue weighted by Crippen LogP contribution is 2.24. The molecule has 1 unspecified atom stereocenters. The van der Waals surface area contributed by atoms with Crippen LogP contribution < -0.4 is 0 Å². The molecule has 0 fully saturated rings. The summed E-state index contributed by atoms with van der Waals surface area (Å²) in [6, 6.07) is 0. The van der Waals surface area contributed by atoms with Crippen molar-refractivity contribution in [3.05, 3.63) is 22.7 Å². The molecule has 0 radical (unpaired) electrons. The molecule has 2 rings (SSSR count). The van der Waals surface area contributed by atoms with Gasteiger partial charge in [-0.2, -0.15) is 0 Å². The fourth-order valence-corrected chi connectivity index (χ4v) is 1.91. The van der Waals surface area contributed by atoms with Gasteiger partial charge in [-0.3, -0.25) is 0 Å². The van der Waals surface area contributed by atoms with Gasteiger partial charge in [0, 0.05) is 6.20 Å². The molecule has 0 amide bonds. The molecule has 1 aliphatic carbocycles. The number of allylic oxidation sites excluding steroid dienone is 1. The smallest absolute Gasteiger partial charge is 0.0506 e. The average Bonchev–Trinajstić information content (AvgIpc) is 2.33. The molecule has 0 saturated carbocycles. The maximum atomic E-state index is 4.13. The van der Waals surface area contributed by atoms with E-state index >= 15 is 0 Å². The Morgan fingerprint density at radius 2 is 2.60 bits per heavy atom. The van der Waals surface area contributed by atoms with Crippen molar-refractivity contribution >= 4 is 17.6 Å². The quantitative estimate of drug-likeness (QED) is 0.554. The summed E-state index contributed by atoms with van der Waals surface area (Å²) in [6.45, 7) is 2.23. The molecule has 0 bridgehead atoms. The molecule has 0 spiro atoms. The zero-order valence-corrected chi connectivity index (χ0v) is 6.69. The van der Waals surface area contributed by atoms with Crippen LogP contribution in [0.4, 0.5) is 0 Å². The monoisotopic (exact) mass is 151 g/mol. The summed E-state index contributed by atoms with van der Waals surface area (Å²) in [5, 5.41) is 0. The van der Waals surface area contributed by atoms with Crippen LogP contribution in [-0.4, -0.2) is 4.37 Å². The SMILES string of the molecule is CC1C=Cc2sncc2C1. The van der Waals surface area contributed by atoms with Crippen molar-refractivity contribution in [2.45, 2.75) is 13.3 Å². The molecule has 10 heavy (non-hydrogen) atoms. The van der Waals surface area contributed by atoms with Crippen LogP contribution in [0.25, 0.3) is 6.08 Å². The van der Waals surface area contributed by atoms with E-state index in [0.29, 0.717) is 5.92 Å². The fourth-order valence-electron chi connectivity index (χ4n) is 1.23. The van der Waals surface area contributed by atoms with E-state index < -0.39 is 0 Å². The number of hydrogen-bond acceptors (Lipinski definition) is 2. The Labute approximate surface area is 64.6 Å². The Morgan fingerprint density at radius 1 is 1.70 bits per heavy atom. The van der Waals surface area contributed by atoms with E-state index in [-0.39, 0.29) is 0 Å². The topological polar surface area (TPSA) is 12.9 Å². The number of fused-ring (bicyclic) bond motifs is 1. The molecule has 1 nitrogen and oxygen atoms in total. The van der Waals surface area contributed by atoms with Gasteiger partial charge in [0.1, 0.15) is 0 Å². The molecule has 1 heterocycles. The van der Waals surface area contributed by atoms with Crippen LogP contribution in [0.3, 0.4) is 0 Å². The lowest BCUT2D eigenvalue weighted by atomic mass is 9.97. The van der Waals surface area contributed by atoms with Crippen molar-refractivity contribution in [1.82, 2.24) is 4.37 Å². The first-order chi connectivity index (χ1) is 4.86. The molecule has 2 heteroatoms. The van der Waals surface area contributed by atoms with Crippen LogP contribution in [0.2, 0.25) is 0 Å². The van der Waals surface area contributed by atoms with E-state index in [4.69, 9.17) is 0 Å². The average molecular weight is 151 g/mol. The molecular formula is C8H9NS. The fraction of sp³-hybridized carbons (Fsp3) is 0.375. The number of rotatable bonds is 0. The lowest BCUT2D eigenvalue weighted by molar-refractivity contribution is 0.719. The number of hydrogen-bond donors (Lipinski definition) is 0. The highest BCUT2D eigenvalue weighted by molar-refractivity contribution is 7.06. The molecule has 0 aliphatic heterocycles. The van der Waals surface area contributed by atoms with Crippen molar-refractivity contribution in [3.63, 3.8) is 0 Å². The second-order valence-corrected chi connectivity index (χ2v) is 3.59. The minimum atomic E-state index is 0.698. The second-order valence-electron chi connectivity index (χ2n) is 2.76. The maximum absolute atomic E-state index is 4.13. The molecule has 0 aromatic carbocycles. The first-order valence-corrected chi connectivity index (χ1v) is 4.25. The Morgan fingerprint density at radius 3 is 3.50 bits per heavy atom. The van der Waals surface area contributed by atoms with Crippen molar-refractivity contribution in [2.24, 2.45) is 5.92 Å². The van der Waals surface area contributed by atoms with E-state index in [1.165, 1.54) is 16.9 Å². The van der Waals surface area contributed by atoms with Gasteiger partial charge in [-0.05, 0) is 35.5 Å². The van der Waals surface area contributed by atoms with E-state index in [0.717, 1.165) is 0 Å². The maximum Gasteiger partial charge on any atom is 0.0506 e. The number of aromatic nitrogens is 1. The largest absolute Gasteiger partial charge is 0.200 e. The molecule has 0 N–H and O–H groups in total. The highest BCUT2D eigenvalue weighted by atomic mass is 32.1. The molecule has 1 aliphatic rings. The van der Waals surface area contributed by atoms with Crippen LogP contribution in [-0.2, 0) is 6.42 Å². The standard InChI is InChI=1S/C8H9NS/c1-6-2-3-8-7(4-6)5-9-10-8/h2-3,5-6H,4H2,1H3. The van der Waals surface area contributed by atoms with Gasteiger partial charge in [0.2, 0.25) is 0 Å². The minimum absolute atomic E-state index is 0.698. The third kappa shape index (κ3) is 0.886. The van der Waals surface area contributed by atoms with Gasteiger partial charge in [-0.15, -0.1) is 0 Å². The normalized spacial score (nSPS) is 22.7. The second kappa shape index (κ2) is 2.20. The lowest BCUT2D eigenvalue weighted by Gasteiger charge is -2.09. The van der Waals surface area contributed by atoms with Gasteiger partial charge >= 0.3 is 0 Å².